The van der Waals surface area contributed by atoms with Crippen LogP contribution in [0.15, 0.2) is 29.2 Å². The molecule has 0 radical (unpaired) electrons. The van der Waals surface area contributed by atoms with E-state index in [4.69, 9.17) is 39.5 Å². The zero-order valence-electron chi connectivity index (χ0n) is 16.0. The standard InChI is InChI=1S/C22H24Cl3NOS/c1-3-14(4-2)28-20-8-12(21-17(24)9-13(23)10-18(21)25)7-15-16-11-26-6-5-19(16)27-22(15)20/h7-10,14,16,19,26H,3-6,11H2,1-2H3. The molecule has 0 aliphatic carbocycles. The van der Waals surface area contributed by atoms with Crippen molar-refractivity contribution in [3.8, 4) is 16.9 Å². The van der Waals surface area contributed by atoms with Gasteiger partial charge in [0.1, 0.15) is 11.9 Å². The zero-order valence-corrected chi connectivity index (χ0v) is 19.1. The molecule has 2 atom stereocenters. The number of halogens is 3. The maximum atomic E-state index is 6.55. The molecular weight excluding hydrogens is 433 g/mol. The van der Waals surface area contributed by atoms with Gasteiger partial charge in [-0.2, -0.15) is 0 Å². The van der Waals surface area contributed by atoms with Crippen molar-refractivity contribution in [1.82, 2.24) is 5.32 Å². The lowest BCUT2D eigenvalue weighted by Gasteiger charge is -2.25. The fraction of sp³-hybridized carbons (Fsp3) is 0.455. The van der Waals surface area contributed by atoms with Crippen LogP contribution in [0.4, 0.5) is 0 Å². The van der Waals surface area contributed by atoms with Crippen molar-refractivity contribution < 1.29 is 4.74 Å². The molecular formula is C22H24Cl3NOS. The molecule has 2 unspecified atom stereocenters. The summed E-state index contributed by atoms with van der Waals surface area (Å²) in [6.45, 7) is 6.43. The molecule has 6 heteroatoms. The first-order valence-electron chi connectivity index (χ1n) is 9.88. The van der Waals surface area contributed by atoms with Crippen molar-refractivity contribution in [2.45, 2.75) is 55.3 Å². The van der Waals surface area contributed by atoms with Crippen molar-refractivity contribution in [2.24, 2.45) is 0 Å². The monoisotopic (exact) mass is 455 g/mol. The first-order chi connectivity index (χ1) is 13.5. The van der Waals surface area contributed by atoms with Crippen LogP contribution in [0.5, 0.6) is 5.75 Å². The lowest BCUT2D eigenvalue weighted by Crippen LogP contribution is -2.37. The Morgan fingerprint density at radius 2 is 1.82 bits per heavy atom. The Kier molecular flexibility index (Phi) is 6.39. The van der Waals surface area contributed by atoms with Gasteiger partial charge in [-0.25, -0.2) is 0 Å². The molecule has 28 heavy (non-hydrogen) atoms. The Morgan fingerprint density at radius 1 is 1.11 bits per heavy atom. The Balaban J connectivity index is 1.85. The number of ether oxygens (including phenoxy) is 1. The van der Waals surface area contributed by atoms with E-state index in [-0.39, 0.29) is 6.10 Å². The van der Waals surface area contributed by atoms with Crippen molar-refractivity contribution in [3.05, 3.63) is 44.9 Å². The van der Waals surface area contributed by atoms with E-state index in [2.05, 4.69) is 31.3 Å². The highest BCUT2D eigenvalue weighted by molar-refractivity contribution is 8.00. The smallest absolute Gasteiger partial charge is 0.137 e. The van der Waals surface area contributed by atoms with Crippen LogP contribution in [0, 0.1) is 0 Å². The molecule has 0 amide bonds. The molecule has 0 bridgehead atoms. The summed E-state index contributed by atoms with van der Waals surface area (Å²) in [6.07, 6.45) is 3.53. The van der Waals surface area contributed by atoms with E-state index in [1.165, 1.54) is 10.5 Å². The van der Waals surface area contributed by atoms with Gasteiger partial charge in [0.15, 0.2) is 0 Å². The van der Waals surface area contributed by atoms with Crippen molar-refractivity contribution in [1.29, 1.82) is 0 Å². The Bertz CT molecular complexity index is 861. The third-order valence-corrected chi connectivity index (χ3v) is 8.04. The number of nitrogens with one attached hydrogen (secondary N) is 1. The SMILES string of the molecule is CCC(CC)Sc1cc(-c2c(Cl)cc(Cl)cc2Cl)cc2c1OC1CCNCC21. The predicted molar refractivity (Wildman–Crippen MR) is 122 cm³/mol. The van der Waals surface area contributed by atoms with Gasteiger partial charge in [0.05, 0.1) is 14.9 Å². The quantitative estimate of drug-likeness (QED) is 0.472. The van der Waals surface area contributed by atoms with E-state index in [1.54, 1.807) is 12.1 Å². The van der Waals surface area contributed by atoms with Gasteiger partial charge in [-0.1, -0.05) is 48.7 Å². The van der Waals surface area contributed by atoms with Gasteiger partial charge in [-0.05, 0) is 55.6 Å². The minimum Gasteiger partial charge on any atom is -0.488 e. The molecule has 4 rings (SSSR count). The Hall–Kier alpha value is -0.580. The lowest BCUT2D eigenvalue weighted by atomic mass is 9.89. The third kappa shape index (κ3) is 3.89. The second-order valence-electron chi connectivity index (χ2n) is 7.45. The molecule has 0 spiro atoms. The van der Waals surface area contributed by atoms with Gasteiger partial charge < -0.3 is 10.1 Å². The van der Waals surface area contributed by atoms with E-state index in [1.807, 2.05) is 11.8 Å². The number of benzene rings is 2. The van der Waals surface area contributed by atoms with Gasteiger partial charge in [0.25, 0.3) is 0 Å². The molecule has 2 aromatic carbocycles. The molecule has 1 fully saturated rings. The van der Waals surface area contributed by atoms with Crippen LogP contribution >= 0.6 is 46.6 Å². The fourth-order valence-electron chi connectivity index (χ4n) is 4.15. The number of piperidine rings is 1. The van der Waals surface area contributed by atoms with E-state index in [0.717, 1.165) is 49.2 Å². The fourth-order valence-corrected chi connectivity index (χ4v) is 6.34. The summed E-state index contributed by atoms with van der Waals surface area (Å²) in [5.74, 6) is 1.43. The molecule has 0 saturated carbocycles. The molecule has 0 aromatic heterocycles. The van der Waals surface area contributed by atoms with Crippen LogP contribution in [-0.4, -0.2) is 24.4 Å². The molecule has 1 saturated heterocycles. The summed E-state index contributed by atoms with van der Waals surface area (Å²) >= 11 is 21.1. The predicted octanol–water partition coefficient (Wildman–Crippen LogP) is 7.43. The number of rotatable bonds is 5. The second kappa shape index (κ2) is 8.65. The summed E-state index contributed by atoms with van der Waals surface area (Å²) in [5, 5.41) is 5.77. The van der Waals surface area contributed by atoms with E-state index in [0.29, 0.717) is 26.2 Å². The van der Waals surface area contributed by atoms with Gasteiger partial charge in [0, 0.05) is 33.9 Å². The van der Waals surface area contributed by atoms with Crippen LogP contribution in [0.3, 0.4) is 0 Å². The minimum absolute atomic E-state index is 0.253. The van der Waals surface area contributed by atoms with Gasteiger partial charge >= 0.3 is 0 Å². The average Bonchev–Trinajstić information content (AvgIpc) is 3.04. The number of thioether (sulfide) groups is 1. The van der Waals surface area contributed by atoms with Crippen LogP contribution < -0.4 is 10.1 Å². The summed E-state index contributed by atoms with van der Waals surface area (Å²) in [7, 11) is 0. The maximum Gasteiger partial charge on any atom is 0.137 e. The maximum absolute atomic E-state index is 6.55. The second-order valence-corrected chi connectivity index (χ2v) is 10.0. The summed E-state index contributed by atoms with van der Waals surface area (Å²) < 4.78 is 6.45. The van der Waals surface area contributed by atoms with Gasteiger partial charge in [0.2, 0.25) is 0 Å². The summed E-state index contributed by atoms with van der Waals surface area (Å²) in [4.78, 5) is 1.19. The molecule has 150 valence electrons. The highest BCUT2D eigenvalue weighted by Crippen LogP contribution is 2.50. The third-order valence-electron chi connectivity index (χ3n) is 5.67. The first-order valence-corrected chi connectivity index (χ1v) is 11.9. The number of hydrogen-bond acceptors (Lipinski definition) is 3. The number of hydrogen-bond donors (Lipinski definition) is 1. The summed E-state index contributed by atoms with van der Waals surface area (Å²) in [6, 6.07) is 7.91. The van der Waals surface area contributed by atoms with Crippen molar-refractivity contribution in [3.63, 3.8) is 0 Å². The highest BCUT2D eigenvalue weighted by atomic mass is 35.5. The molecule has 1 N–H and O–H groups in total. The van der Waals surface area contributed by atoms with Crippen LogP contribution in [0.1, 0.15) is 44.6 Å². The van der Waals surface area contributed by atoms with Crippen LogP contribution in [0.2, 0.25) is 15.1 Å². The largest absolute Gasteiger partial charge is 0.488 e. The highest BCUT2D eigenvalue weighted by Gasteiger charge is 2.38. The molecule has 2 aliphatic heterocycles. The van der Waals surface area contributed by atoms with E-state index < -0.39 is 0 Å². The van der Waals surface area contributed by atoms with Gasteiger partial charge in [-0.15, -0.1) is 11.8 Å². The molecule has 2 heterocycles. The molecule has 2 nitrogen and oxygen atoms in total. The lowest BCUT2D eigenvalue weighted by molar-refractivity contribution is 0.169. The normalized spacial score (nSPS) is 20.8. The van der Waals surface area contributed by atoms with Crippen LogP contribution in [0.25, 0.3) is 11.1 Å². The van der Waals surface area contributed by atoms with Crippen LogP contribution in [-0.2, 0) is 0 Å². The van der Waals surface area contributed by atoms with Gasteiger partial charge in [-0.3, -0.25) is 0 Å². The van der Waals surface area contributed by atoms with E-state index >= 15 is 0 Å². The minimum atomic E-state index is 0.253. The molecule has 2 aliphatic rings. The van der Waals surface area contributed by atoms with Crippen molar-refractivity contribution >= 4 is 46.6 Å². The summed E-state index contributed by atoms with van der Waals surface area (Å²) in [5.41, 5.74) is 3.15. The Morgan fingerprint density at radius 3 is 2.50 bits per heavy atom. The van der Waals surface area contributed by atoms with Crippen molar-refractivity contribution in [2.75, 3.05) is 13.1 Å². The van der Waals surface area contributed by atoms with E-state index in [9.17, 15) is 0 Å². The average molecular weight is 457 g/mol. The molecule has 2 aromatic rings. The number of fused-ring (bicyclic) bond motifs is 3. The first kappa shape index (κ1) is 20.7. The topological polar surface area (TPSA) is 21.3 Å². The zero-order chi connectivity index (χ0) is 19.8. The Labute approximate surface area is 186 Å².